The van der Waals surface area contributed by atoms with E-state index in [1.807, 2.05) is 10.9 Å². The van der Waals surface area contributed by atoms with Crippen molar-refractivity contribution < 1.29 is 0 Å². The van der Waals surface area contributed by atoms with Crippen molar-refractivity contribution in [3.05, 3.63) is 11.9 Å². The fraction of sp³-hybridized carbons (Fsp3) is 0.667. The highest BCUT2D eigenvalue weighted by atomic mass is 15.4. The van der Waals surface area contributed by atoms with Gasteiger partial charge in [-0.25, -0.2) is 4.68 Å². The molecule has 2 heterocycles. The van der Waals surface area contributed by atoms with Gasteiger partial charge in [0.15, 0.2) is 0 Å². The summed E-state index contributed by atoms with van der Waals surface area (Å²) in [6.07, 6.45) is 3.90. The van der Waals surface area contributed by atoms with Crippen LogP contribution in [0.5, 0.6) is 0 Å². The maximum atomic E-state index is 5.72. The molecule has 0 bridgehead atoms. The number of nitrogens with two attached hydrogens (primary N) is 1. The van der Waals surface area contributed by atoms with E-state index >= 15 is 0 Å². The Morgan fingerprint density at radius 2 is 2.60 bits per heavy atom. The average Bonchev–Trinajstić information content (AvgIpc) is 2.33. The molecule has 54 valence electrons. The molecular weight excluding hydrogens is 128 g/mol. The van der Waals surface area contributed by atoms with Crippen molar-refractivity contribution in [2.45, 2.75) is 25.4 Å². The predicted octanol–water partition coefficient (Wildman–Crippen LogP) is -0.448. The maximum absolute atomic E-state index is 5.72. The van der Waals surface area contributed by atoms with Crippen LogP contribution in [0, 0.1) is 0 Å². The lowest BCUT2D eigenvalue weighted by Crippen LogP contribution is -2.32. The average molecular weight is 138 g/mol. The van der Waals surface area contributed by atoms with E-state index in [9.17, 15) is 0 Å². The third kappa shape index (κ3) is 0.806. The zero-order chi connectivity index (χ0) is 6.97. The third-order valence-electron chi connectivity index (χ3n) is 1.88. The lowest BCUT2D eigenvalue weighted by atomic mass is 10.1. The molecule has 4 nitrogen and oxygen atoms in total. The van der Waals surface area contributed by atoms with Gasteiger partial charge in [-0.2, -0.15) is 0 Å². The van der Waals surface area contributed by atoms with E-state index in [1.165, 1.54) is 5.69 Å². The monoisotopic (exact) mass is 138 g/mol. The van der Waals surface area contributed by atoms with E-state index in [2.05, 4.69) is 10.3 Å². The van der Waals surface area contributed by atoms with Crippen LogP contribution in [-0.2, 0) is 13.0 Å². The van der Waals surface area contributed by atoms with E-state index in [0.717, 1.165) is 19.4 Å². The van der Waals surface area contributed by atoms with Crippen molar-refractivity contribution in [3.8, 4) is 0 Å². The molecule has 0 amide bonds. The fourth-order valence-electron chi connectivity index (χ4n) is 1.27. The van der Waals surface area contributed by atoms with Crippen molar-refractivity contribution in [2.24, 2.45) is 5.73 Å². The van der Waals surface area contributed by atoms with Crippen LogP contribution in [0.25, 0.3) is 0 Å². The van der Waals surface area contributed by atoms with Crippen molar-refractivity contribution in [3.63, 3.8) is 0 Å². The number of nitrogens with zero attached hydrogens (tertiary/aromatic N) is 3. The van der Waals surface area contributed by atoms with E-state index in [0.29, 0.717) is 0 Å². The van der Waals surface area contributed by atoms with Gasteiger partial charge in [-0.1, -0.05) is 5.21 Å². The first-order valence-corrected chi connectivity index (χ1v) is 3.49. The number of hydrogen-bond donors (Lipinski definition) is 1. The molecule has 0 saturated heterocycles. The van der Waals surface area contributed by atoms with Crippen LogP contribution in [0.4, 0.5) is 0 Å². The van der Waals surface area contributed by atoms with Gasteiger partial charge in [0.05, 0.1) is 18.4 Å². The fourth-order valence-corrected chi connectivity index (χ4v) is 1.27. The summed E-state index contributed by atoms with van der Waals surface area (Å²) in [6, 6.07) is 0.272. The van der Waals surface area contributed by atoms with E-state index in [4.69, 9.17) is 5.73 Å². The van der Waals surface area contributed by atoms with Gasteiger partial charge >= 0.3 is 0 Å². The molecule has 0 saturated carbocycles. The Hall–Kier alpha value is -0.900. The Labute approximate surface area is 59.0 Å². The van der Waals surface area contributed by atoms with Gasteiger partial charge in [-0.05, 0) is 12.8 Å². The smallest absolute Gasteiger partial charge is 0.0725 e. The zero-order valence-corrected chi connectivity index (χ0v) is 5.70. The van der Waals surface area contributed by atoms with E-state index in [-0.39, 0.29) is 6.04 Å². The van der Waals surface area contributed by atoms with Crippen molar-refractivity contribution >= 4 is 0 Å². The van der Waals surface area contributed by atoms with Gasteiger partial charge in [0.1, 0.15) is 0 Å². The third-order valence-corrected chi connectivity index (χ3v) is 1.88. The second-order valence-corrected chi connectivity index (χ2v) is 2.71. The number of aryl methyl sites for hydroxylation is 1. The van der Waals surface area contributed by atoms with Crippen LogP contribution < -0.4 is 5.73 Å². The molecule has 1 aliphatic rings. The molecule has 4 heteroatoms. The van der Waals surface area contributed by atoms with Gasteiger partial charge in [-0.15, -0.1) is 5.10 Å². The summed E-state index contributed by atoms with van der Waals surface area (Å²) in [4.78, 5) is 0. The number of fused-ring (bicyclic) bond motifs is 1. The second-order valence-electron chi connectivity index (χ2n) is 2.71. The molecule has 1 aromatic rings. The molecule has 0 spiro atoms. The largest absolute Gasteiger partial charge is 0.326 e. The number of hydrogen-bond acceptors (Lipinski definition) is 3. The standard InChI is InChI=1S/C6H10N4/c7-5-1-2-6-3-8-9-10(6)4-5/h3,5H,1-2,4,7H2. The van der Waals surface area contributed by atoms with E-state index in [1.54, 1.807) is 0 Å². The highest BCUT2D eigenvalue weighted by molar-refractivity contribution is 4.98. The van der Waals surface area contributed by atoms with Gasteiger partial charge in [0.25, 0.3) is 0 Å². The molecule has 0 fully saturated rings. The molecule has 0 aliphatic carbocycles. The lowest BCUT2D eigenvalue weighted by molar-refractivity contribution is 0.420. The normalized spacial score (nSPS) is 24.3. The summed E-state index contributed by atoms with van der Waals surface area (Å²) >= 11 is 0. The minimum Gasteiger partial charge on any atom is -0.326 e. The maximum Gasteiger partial charge on any atom is 0.0725 e. The number of aromatic nitrogens is 3. The molecule has 10 heavy (non-hydrogen) atoms. The lowest BCUT2D eigenvalue weighted by Gasteiger charge is -2.17. The van der Waals surface area contributed by atoms with Crippen LogP contribution in [0.2, 0.25) is 0 Å². The molecule has 2 rings (SSSR count). The van der Waals surface area contributed by atoms with E-state index < -0.39 is 0 Å². The van der Waals surface area contributed by atoms with Crippen LogP contribution in [0.3, 0.4) is 0 Å². The molecule has 1 atom stereocenters. The minimum absolute atomic E-state index is 0.272. The molecule has 0 radical (unpaired) electrons. The van der Waals surface area contributed by atoms with Crippen LogP contribution in [0.1, 0.15) is 12.1 Å². The van der Waals surface area contributed by atoms with Gasteiger partial charge < -0.3 is 5.73 Å². The topological polar surface area (TPSA) is 56.7 Å². The summed E-state index contributed by atoms with van der Waals surface area (Å²) in [5.74, 6) is 0. The van der Waals surface area contributed by atoms with Gasteiger partial charge in [0.2, 0.25) is 0 Å². The van der Waals surface area contributed by atoms with Gasteiger partial charge in [-0.3, -0.25) is 0 Å². The summed E-state index contributed by atoms with van der Waals surface area (Å²) in [5, 5.41) is 7.69. The van der Waals surface area contributed by atoms with Crippen molar-refractivity contribution in [1.29, 1.82) is 0 Å². The summed E-state index contributed by atoms with van der Waals surface area (Å²) in [6.45, 7) is 0.829. The first-order chi connectivity index (χ1) is 4.86. The molecule has 1 aromatic heterocycles. The van der Waals surface area contributed by atoms with Crippen LogP contribution in [-0.4, -0.2) is 21.0 Å². The molecular formula is C6H10N4. The van der Waals surface area contributed by atoms with Crippen LogP contribution >= 0.6 is 0 Å². The molecule has 1 unspecified atom stereocenters. The molecule has 2 N–H and O–H groups in total. The zero-order valence-electron chi connectivity index (χ0n) is 5.70. The number of rotatable bonds is 0. The minimum atomic E-state index is 0.272. The molecule has 1 aliphatic heterocycles. The summed E-state index contributed by atoms with van der Waals surface area (Å²) in [5.41, 5.74) is 6.93. The Balaban J connectivity index is 2.30. The van der Waals surface area contributed by atoms with Crippen molar-refractivity contribution in [2.75, 3.05) is 0 Å². The Kier molecular flexibility index (Phi) is 1.20. The molecule has 0 aromatic carbocycles. The van der Waals surface area contributed by atoms with Crippen molar-refractivity contribution in [1.82, 2.24) is 15.0 Å². The van der Waals surface area contributed by atoms with Crippen LogP contribution in [0.15, 0.2) is 6.20 Å². The first-order valence-electron chi connectivity index (χ1n) is 3.49. The Morgan fingerprint density at radius 1 is 1.70 bits per heavy atom. The highest BCUT2D eigenvalue weighted by Gasteiger charge is 2.14. The Morgan fingerprint density at radius 3 is 3.50 bits per heavy atom. The highest BCUT2D eigenvalue weighted by Crippen LogP contribution is 2.09. The quantitative estimate of drug-likeness (QED) is 0.528. The summed E-state index contributed by atoms with van der Waals surface area (Å²) < 4.78 is 1.88. The SMILES string of the molecule is NC1CCc2cnnn2C1. The Bertz CT molecular complexity index is 229. The second kappa shape index (κ2) is 2.05. The summed E-state index contributed by atoms with van der Waals surface area (Å²) in [7, 11) is 0. The van der Waals surface area contributed by atoms with Gasteiger partial charge in [0, 0.05) is 6.04 Å². The first kappa shape index (κ1) is 5.85. The predicted molar refractivity (Wildman–Crippen MR) is 36.3 cm³/mol.